The highest BCUT2D eigenvalue weighted by Gasteiger charge is 2.28. The first-order chi connectivity index (χ1) is 15.9. The van der Waals surface area contributed by atoms with Crippen LogP contribution in [0.4, 0.5) is 0 Å². The number of rotatable bonds is 8. The first-order valence-electron chi connectivity index (χ1n) is 11.8. The molecular formula is C24H32N4O5. The van der Waals surface area contributed by atoms with Crippen molar-refractivity contribution < 1.29 is 24.2 Å². The fraction of sp³-hybridized carbons (Fsp3) is 0.625. The van der Waals surface area contributed by atoms with E-state index in [2.05, 4.69) is 15.3 Å². The molecule has 0 spiro atoms. The van der Waals surface area contributed by atoms with Gasteiger partial charge in [-0.1, -0.05) is 18.1 Å². The molecule has 0 saturated heterocycles. The van der Waals surface area contributed by atoms with Gasteiger partial charge in [0.05, 0.1) is 42.1 Å². The molecule has 2 atom stereocenters. The van der Waals surface area contributed by atoms with Crippen LogP contribution in [0.2, 0.25) is 0 Å². The van der Waals surface area contributed by atoms with Crippen LogP contribution in [-0.2, 0) is 27.8 Å². The maximum atomic E-state index is 12.4. The third-order valence-electron chi connectivity index (χ3n) is 6.76. The second-order valence-electron chi connectivity index (χ2n) is 9.24. The lowest BCUT2D eigenvalue weighted by atomic mass is 9.87. The van der Waals surface area contributed by atoms with Gasteiger partial charge in [-0.15, -0.1) is 5.10 Å². The zero-order chi connectivity index (χ0) is 23.4. The van der Waals surface area contributed by atoms with Gasteiger partial charge in [-0.3, -0.25) is 14.3 Å². The molecule has 2 heterocycles. The number of carbonyl (C=O) groups is 2. The normalized spacial score (nSPS) is 21.2. The van der Waals surface area contributed by atoms with Crippen LogP contribution in [0, 0.1) is 18.8 Å². The molecule has 0 amide bonds. The number of carboxylic acids is 1. The summed E-state index contributed by atoms with van der Waals surface area (Å²) in [5, 5.41) is 17.6. The maximum Gasteiger partial charge on any atom is 0.311 e. The largest absolute Gasteiger partial charge is 0.489 e. The van der Waals surface area contributed by atoms with Crippen LogP contribution >= 0.6 is 0 Å². The Kier molecular flexibility index (Phi) is 7.25. The molecular weight excluding hydrogens is 424 g/mol. The number of aryl methyl sites for hydroxylation is 2. The quantitative estimate of drug-likeness (QED) is 0.600. The van der Waals surface area contributed by atoms with Crippen molar-refractivity contribution in [2.45, 2.75) is 70.8 Å². The van der Waals surface area contributed by atoms with Gasteiger partial charge >= 0.3 is 11.9 Å². The average molecular weight is 457 g/mol. The van der Waals surface area contributed by atoms with Gasteiger partial charge in [0.1, 0.15) is 11.4 Å². The highest BCUT2D eigenvalue weighted by Crippen LogP contribution is 2.31. The Hall–Kier alpha value is -2.97. The zero-order valence-electron chi connectivity index (χ0n) is 19.3. The maximum absolute atomic E-state index is 12.4. The Morgan fingerprint density at radius 3 is 2.67 bits per heavy atom. The summed E-state index contributed by atoms with van der Waals surface area (Å²) in [6, 6.07) is 3.64. The molecule has 0 aliphatic heterocycles. The third-order valence-corrected chi connectivity index (χ3v) is 6.76. The van der Waals surface area contributed by atoms with Crippen LogP contribution in [0.3, 0.4) is 0 Å². The van der Waals surface area contributed by atoms with Gasteiger partial charge in [-0.05, 0) is 63.5 Å². The Morgan fingerprint density at radius 2 is 1.94 bits per heavy atom. The topological polar surface area (TPSA) is 116 Å². The number of carboxylic acid groups (broad SMARTS) is 1. The Balaban J connectivity index is 1.42. The predicted molar refractivity (Wildman–Crippen MR) is 120 cm³/mol. The Labute approximate surface area is 193 Å². The van der Waals surface area contributed by atoms with Gasteiger partial charge in [-0.2, -0.15) is 0 Å². The number of aliphatic carboxylic acids is 1. The molecule has 2 aliphatic rings. The predicted octanol–water partition coefficient (Wildman–Crippen LogP) is 3.48. The summed E-state index contributed by atoms with van der Waals surface area (Å²) in [5.41, 5.74) is 2.50. The minimum Gasteiger partial charge on any atom is -0.489 e. The summed E-state index contributed by atoms with van der Waals surface area (Å²) < 4.78 is 13.2. The SMILES string of the molecule is Cc1nc(-c2nnn(C)c2CC(=O)OCC2CCCC2)ccc1O[C@H]1CCC[C@H](C(=O)O)C1. The molecule has 2 saturated carbocycles. The Morgan fingerprint density at radius 1 is 1.15 bits per heavy atom. The molecule has 1 N–H and O–H groups in total. The standard InChI is InChI=1S/C24H32N4O5/c1-15-21(33-18-9-5-8-17(12-18)24(30)31)11-10-19(25-15)23-20(28(2)27-26-23)13-22(29)32-14-16-6-3-4-7-16/h10-11,16-18H,3-9,12-14H2,1-2H3,(H,30,31)/t17-,18-/m0/s1. The molecule has 0 radical (unpaired) electrons. The van der Waals surface area contributed by atoms with Crippen molar-refractivity contribution >= 4 is 11.9 Å². The number of hydrogen-bond donors (Lipinski definition) is 1. The number of aromatic nitrogens is 4. The third kappa shape index (κ3) is 5.69. The molecule has 2 aromatic heterocycles. The van der Waals surface area contributed by atoms with Crippen molar-refractivity contribution in [3.8, 4) is 17.1 Å². The highest BCUT2D eigenvalue weighted by atomic mass is 16.5. The lowest BCUT2D eigenvalue weighted by Gasteiger charge is -2.27. The van der Waals surface area contributed by atoms with E-state index in [-0.39, 0.29) is 24.4 Å². The molecule has 2 aliphatic carbocycles. The summed E-state index contributed by atoms with van der Waals surface area (Å²) in [4.78, 5) is 28.4. The molecule has 2 fully saturated rings. The minimum absolute atomic E-state index is 0.0865. The highest BCUT2D eigenvalue weighted by molar-refractivity contribution is 5.75. The first kappa shape index (κ1) is 23.2. The van der Waals surface area contributed by atoms with Crippen LogP contribution in [0.15, 0.2) is 12.1 Å². The lowest BCUT2D eigenvalue weighted by Crippen LogP contribution is -2.29. The van der Waals surface area contributed by atoms with Gasteiger partial charge in [0.15, 0.2) is 0 Å². The summed E-state index contributed by atoms with van der Waals surface area (Å²) in [6.45, 7) is 2.33. The van der Waals surface area contributed by atoms with Crippen molar-refractivity contribution in [1.29, 1.82) is 0 Å². The van der Waals surface area contributed by atoms with Crippen LogP contribution in [-0.4, -0.2) is 49.7 Å². The van der Waals surface area contributed by atoms with Crippen LogP contribution < -0.4 is 4.74 Å². The number of hydrogen-bond acceptors (Lipinski definition) is 7. The molecule has 0 bridgehead atoms. The number of pyridine rings is 1. The molecule has 33 heavy (non-hydrogen) atoms. The summed E-state index contributed by atoms with van der Waals surface area (Å²) >= 11 is 0. The van der Waals surface area contributed by atoms with Gasteiger partial charge in [-0.25, -0.2) is 4.98 Å². The molecule has 9 heteroatoms. The van der Waals surface area contributed by atoms with Crippen molar-refractivity contribution in [3.63, 3.8) is 0 Å². The summed E-state index contributed by atoms with van der Waals surface area (Å²) in [7, 11) is 1.75. The fourth-order valence-electron chi connectivity index (χ4n) is 4.81. The smallest absolute Gasteiger partial charge is 0.311 e. The first-order valence-corrected chi connectivity index (χ1v) is 11.8. The van der Waals surface area contributed by atoms with E-state index in [9.17, 15) is 14.7 Å². The second kappa shape index (κ2) is 10.3. The molecule has 0 aromatic carbocycles. The molecule has 4 rings (SSSR count). The van der Waals surface area contributed by atoms with Crippen molar-refractivity contribution in [3.05, 3.63) is 23.5 Å². The fourth-order valence-corrected chi connectivity index (χ4v) is 4.81. The van der Waals surface area contributed by atoms with E-state index in [4.69, 9.17) is 9.47 Å². The van der Waals surface area contributed by atoms with E-state index in [1.165, 1.54) is 12.8 Å². The molecule has 0 unspecified atom stereocenters. The van der Waals surface area contributed by atoms with E-state index >= 15 is 0 Å². The van der Waals surface area contributed by atoms with Crippen molar-refractivity contribution in [1.82, 2.24) is 20.0 Å². The van der Waals surface area contributed by atoms with Crippen LogP contribution in [0.1, 0.15) is 62.8 Å². The molecule has 9 nitrogen and oxygen atoms in total. The minimum atomic E-state index is -0.759. The number of nitrogens with zero attached hydrogens (tertiary/aromatic N) is 4. The Bertz CT molecular complexity index is 999. The van der Waals surface area contributed by atoms with Gasteiger partial charge < -0.3 is 14.6 Å². The van der Waals surface area contributed by atoms with Crippen LogP contribution in [0.5, 0.6) is 5.75 Å². The number of ether oxygens (including phenoxy) is 2. The molecule has 2 aromatic rings. The van der Waals surface area contributed by atoms with Gasteiger partial charge in [0.2, 0.25) is 0 Å². The van der Waals surface area contributed by atoms with Crippen molar-refractivity contribution in [2.75, 3.05) is 6.61 Å². The zero-order valence-corrected chi connectivity index (χ0v) is 19.3. The van der Waals surface area contributed by atoms with Crippen LogP contribution in [0.25, 0.3) is 11.4 Å². The lowest BCUT2D eigenvalue weighted by molar-refractivity contribution is -0.145. The molecule has 178 valence electrons. The summed E-state index contributed by atoms with van der Waals surface area (Å²) in [5.74, 6) is -0.283. The van der Waals surface area contributed by atoms with E-state index in [0.29, 0.717) is 53.9 Å². The number of esters is 1. The van der Waals surface area contributed by atoms with E-state index in [0.717, 1.165) is 25.7 Å². The van der Waals surface area contributed by atoms with E-state index < -0.39 is 5.97 Å². The summed E-state index contributed by atoms with van der Waals surface area (Å²) in [6.07, 6.45) is 7.51. The van der Waals surface area contributed by atoms with Gasteiger partial charge in [0, 0.05) is 7.05 Å². The van der Waals surface area contributed by atoms with Gasteiger partial charge in [0.25, 0.3) is 0 Å². The van der Waals surface area contributed by atoms with E-state index in [1.807, 2.05) is 13.0 Å². The van der Waals surface area contributed by atoms with Crippen molar-refractivity contribution in [2.24, 2.45) is 18.9 Å². The monoisotopic (exact) mass is 456 g/mol. The van der Waals surface area contributed by atoms with E-state index in [1.54, 1.807) is 17.8 Å². The second-order valence-corrected chi connectivity index (χ2v) is 9.24. The number of carbonyl (C=O) groups excluding carboxylic acids is 1. The average Bonchev–Trinajstić information content (AvgIpc) is 3.44.